The number of fused-ring (bicyclic) bond motifs is 3. The minimum Gasteiger partial charge on any atom is -0.339 e. The van der Waals surface area contributed by atoms with E-state index in [1.807, 2.05) is 43.5 Å². The second-order valence-corrected chi connectivity index (χ2v) is 10.3. The predicted octanol–water partition coefficient (Wildman–Crippen LogP) is 5.19. The quantitative estimate of drug-likeness (QED) is 0.390. The van der Waals surface area contributed by atoms with Crippen LogP contribution in [-0.2, 0) is 9.84 Å². The van der Waals surface area contributed by atoms with Crippen LogP contribution in [0.1, 0.15) is 11.1 Å². The fourth-order valence-electron chi connectivity index (χ4n) is 3.32. The van der Waals surface area contributed by atoms with Crippen LogP contribution in [0.2, 0.25) is 5.02 Å². The standard InChI is InChI=1S/C21H16ClN5O2S2/c1-12-4-3-5-16(13(12)2)23-19-18-17(10-11-30-18)27-20(24-19)21(25-26-27)31(28,29)15-8-6-14(22)7-9-15/h3-11H,1-2H3,(H,23,24). The van der Waals surface area contributed by atoms with Crippen molar-refractivity contribution in [2.45, 2.75) is 23.8 Å². The smallest absolute Gasteiger partial charge is 0.229 e. The molecule has 0 amide bonds. The van der Waals surface area contributed by atoms with Crippen molar-refractivity contribution in [3.05, 3.63) is 70.1 Å². The lowest BCUT2D eigenvalue weighted by molar-refractivity contribution is 0.592. The van der Waals surface area contributed by atoms with Crippen LogP contribution in [0.4, 0.5) is 11.5 Å². The summed E-state index contributed by atoms with van der Waals surface area (Å²) < 4.78 is 28.8. The lowest BCUT2D eigenvalue weighted by Crippen LogP contribution is -2.05. The molecular weight excluding hydrogens is 454 g/mol. The number of rotatable bonds is 4. The molecule has 0 saturated carbocycles. The molecule has 0 fully saturated rings. The van der Waals surface area contributed by atoms with Crippen molar-refractivity contribution in [3.8, 4) is 0 Å². The zero-order valence-corrected chi connectivity index (χ0v) is 18.9. The first-order chi connectivity index (χ1) is 14.9. The summed E-state index contributed by atoms with van der Waals surface area (Å²) in [6.07, 6.45) is 0. The molecule has 3 aromatic heterocycles. The van der Waals surface area contributed by atoms with E-state index in [9.17, 15) is 8.42 Å². The van der Waals surface area contributed by atoms with Gasteiger partial charge in [0, 0.05) is 10.7 Å². The first kappa shape index (κ1) is 19.9. The van der Waals surface area contributed by atoms with Crippen LogP contribution >= 0.6 is 22.9 Å². The third-order valence-corrected chi connectivity index (χ3v) is 7.99. The Morgan fingerprint density at radius 3 is 2.61 bits per heavy atom. The van der Waals surface area contributed by atoms with Crippen molar-refractivity contribution in [3.63, 3.8) is 0 Å². The Kier molecular flexibility index (Phi) is 4.69. The van der Waals surface area contributed by atoms with Gasteiger partial charge in [-0.25, -0.2) is 13.4 Å². The number of hydrogen-bond acceptors (Lipinski definition) is 7. The van der Waals surface area contributed by atoms with E-state index >= 15 is 0 Å². The van der Waals surface area contributed by atoms with E-state index in [4.69, 9.17) is 11.6 Å². The number of halogens is 1. The molecule has 156 valence electrons. The monoisotopic (exact) mass is 469 g/mol. The van der Waals surface area contributed by atoms with E-state index < -0.39 is 9.84 Å². The maximum Gasteiger partial charge on any atom is 0.229 e. The second kappa shape index (κ2) is 7.30. The highest BCUT2D eigenvalue weighted by Gasteiger charge is 2.27. The van der Waals surface area contributed by atoms with Crippen LogP contribution in [0.25, 0.3) is 15.9 Å². The van der Waals surface area contributed by atoms with Gasteiger partial charge < -0.3 is 5.32 Å². The summed E-state index contributed by atoms with van der Waals surface area (Å²) in [7, 11) is -3.94. The van der Waals surface area contributed by atoms with Crippen LogP contribution in [-0.4, -0.2) is 28.2 Å². The maximum atomic E-state index is 13.2. The SMILES string of the molecule is Cc1cccc(Nc2nc3c(S(=O)(=O)c4ccc(Cl)cc4)nnn3c3ccsc23)c1C. The van der Waals surface area contributed by atoms with Gasteiger partial charge in [0.2, 0.25) is 14.9 Å². The number of aromatic nitrogens is 4. The zero-order valence-electron chi connectivity index (χ0n) is 16.5. The average molecular weight is 470 g/mol. The largest absolute Gasteiger partial charge is 0.339 e. The molecule has 0 aliphatic carbocycles. The van der Waals surface area contributed by atoms with Crippen molar-refractivity contribution in [2.75, 3.05) is 5.32 Å². The molecule has 0 saturated heterocycles. The van der Waals surface area contributed by atoms with Crippen molar-refractivity contribution < 1.29 is 8.42 Å². The summed E-state index contributed by atoms with van der Waals surface area (Å²) in [6, 6.07) is 13.8. The zero-order chi connectivity index (χ0) is 21.8. The topological polar surface area (TPSA) is 89.2 Å². The van der Waals surface area contributed by atoms with E-state index in [0.29, 0.717) is 10.8 Å². The summed E-state index contributed by atoms with van der Waals surface area (Å²) in [5, 5.41) is 13.6. The number of thiophene rings is 1. The first-order valence-electron chi connectivity index (χ1n) is 9.33. The van der Waals surface area contributed by atoms with Gasteiger partial charge in [0.15, 0.2) is 11.5 Å². The van der Waals surface area contributed by atoms with Crippen molar-refractivity contribution in [2.24, 2.45) is 0 Å². The molecule has 3 heterocycles. The molecule has 0 bridgehead atoms. The first-order valence-corrected chi connectivity index (χ1v) is 12.1. The third-order valence-electron chi connectivity index (χ3n) is 5.16. The van der Waals surface area contributed by atoms with Crippen LogP contribution in [0.5, 0.6) is 0 Å². The number of sulfone groups is 1. The van der Waals surface area contributed by atoms with Crippen molar-refractivity contribution in [1.82, 2.24) is 19.8 Å². The Balaban J connectivity index is 1.72. The molecule has 10 heteroatoms. The molecule has 5 rings (SSSR count). The van der Waals surface area contributed by atoms with Gasteiger partial charge in [0.1, 0.15) is 0 Å². The van der Waals surface area contributed by atoms with E-state index in [1.165, 1.54) is 40.1 Å². The highest BCUT2D eigenvalue weighted by atomic mass is 35.5. The summed E-state index contributed by atoms with van der Waals surface area (Å²) in [6.45, 7) is 4.06. The van der Waals surface area contributed by atoms with Gasteiger partial charge in [0.05, 0.1) is 15.1 Å². The minimum atomic E-state index is -3.94. The summed E-state index contributed by atoms with van der Waals surface area (Å²) in [5.41, 5.74) is 4.03. The Morgan fingerprint density at radius 2 is 1.84 bits per heavy atom. The molecule has 0 aliphatic heterocycles. The normalized spacial score (nSPS) is 12.0. The van der Waals surface area contributed by atoms with E-state index in [2.05, 4.69) is 20.6 Å². The van der Waals surface area contributed by atoms with Gasteiger partial charge in [-0.15, -0.1) is 16.4 Å². The van der Waals surface area contributed by atoms with Crippen LogP contribution in [0.15, 0.2) is 63.8 Å². The highest BCUT2D eigenvalue weighted by molar-refractivity contribution is 7.91. The predicted molar refractivity (Wildman–Crippen MR) is 122 cm³/mol. The Morgan fingerprint density at radius 1 is 1.06 bits per heavy atom. The molecule has 7 nitrogen and oxygen atoms in total. The Hall–Kier alpha value is -3.01. The molecule has 5 aromatic rings. The molecule has 0 radical (unpaired) electrons. The lowest BCUT2D eigenvalue weighted by atomic mass is 10.1. The van der Waals surface area contributed by atoms with Gasteiger partial charge >= 0.3 is 0 Å². The number of benzene rings is 2. The molecular formula is C21H16ClN5O2S2. The molecule has 1 N–H and O–H groups in total. The van der Waals surface area contributed by atoms with Gasteiger partial charge in [-0.1, -0.05) is 28.9 Å². The number of hydrogen-bond donors (Lipinski definition) is 1. The molecule has 0 spiro atoms. The summed E-state index contributed by atoms with van der Waals surface area (Å²) in [4.78, 5) is 4.72. The average Bonchev–Trinajstić information content (AvgIpc) is 3.39. The van der Waals surface area contributed by atoms with Crippen LogP contribution in [0.3, 0.4) is 0 Å². The van der Waals surface area contributed by atoms with Crippen molar-refractivity contribution >= 4 is 60.1 Å². The second-order valence-electron chi connectivity index (χ2n) is 7.06. The minimum absolute atomic E-state index is 0.0792. The molecule has 0 unspecified atom stereocenters. The van der Waals surface area contributed by atoms with Crippen molar-refractivity contribution in [1.29, 1.82) is 0 Å². The van der Waals surface area contributed by atoms with Crippen LogP contribution in [0, 0.1) is 13.8 Å². The number of anilines is 2. The van der Waals surface area contributed by atoms with Gasteiger partial charge in [0.25, 0.3) is 0 Å². The summed E-state index contributed by atoms with van der Waals surface area (Å²) in [5.74, 6) is 0.557. The fraction of sp³-hybridized carbons (Fsp3) is 0.0952. The molecule has 0 aliphatic rings. The maximum absolute atomic E-state index is 13.2. The molecule has 2 aromatic carbocycles. The third kappa shape index (κ3) is 3.25. The van der Waals surface area contributed by atoms with Gasteiger partial charge in [-0.05, 0) is 66.8 Å². The van der Waals surface area contributed by atoms with E-state index in [0.717, 1.165) is 27.0 Å². The number of aryl methyl sites for hydroxylation is 1. The number of nitrogens with zero attached hydrogens (tertiary/aromatic N) is 4. The molecule has 31 heavy (non-hydrogen) atoms. The van der Waals surface area contributed by atoms with E-state index in [1.54, 1.807) is 0 Å². The Labute approximate surface area is 187 Å². The van der Waals surface area contributed by atoms with E-state index in [-0.39, 0.29) is 15.6 Å². The fourth-order valence-corrected chi connectivity index (χ4v) is 5.50. The summed E-state index contributed by atoms with van der Waals surface area (Å²) >= 11 is 7.40. The lowest BCUT2D eigenvalue weighted by Gasteiger charge is -2.12. The molecule has 0 atom stereocenters. The Bertz CT molecular complexity index is 1560. The van der Waals surface area contributed by atoms with Gasteiger partial charge in [-0.3, -0.25) is 0 Å². The highest BCUT2D eigenvalue weighted by Crippen LogP contribution is 2.33. The van der Waals surface area contributed by atoms with Gasteiger partial charge in [-0.2, -0.15) is 4.52 Å². The number of nitrogens with one attached hydrogen (secondary N) is 1. The van der Waals surface area contributed by atoms with Crippen LogP contribution < -0.4 is 5.32 Å².